The van der Waals surface area contributed by atoms with Crippen molar-refractivity contribution in [3.63, 3.8) is 0 Å². The van der Waals surface area contributed by atoms with Crippen LogP contribution in [0.3, 0.4) is 0 Å². The largest absolute Gasteiger partial charge is 0.314 e. The first-order valence-electron chi connectivity index (χ1n) is 7.55. The molecule has 5 nitrogen and oxygen atoms in total. The molecule has 0 spiro atoms. The third-order valence-electron chi connectivity index (χ3n) is 4.65. The Balaban J connectivity index is 0.00000132. The van der Waals surface area contributed by atoms with Crippen LogP contribution in [0.5, 0.6) is 0 Å². The van der Waals surface area contributed by atoms with Crippen molar-refractivity contribution in [3.05, 3.63) is 39.7 Å². The van der Waals surface area contributed by atoms with Crippen LogP contribution >= 0.6 is 24.8 Å². The fourth-order valence-corrected chi connectivity index (χ4v) is 3.39. The molecule has 3 rings (SSSR count). The molecule has 8 heteroatoms. The molecule has 1 atom stereocenters. The van der Waals surface area contributed by atoms with Gasteiger partial charge in [-0.25, -0.2) is 4.39 Å². The smallest absolute Gasteiger partial charge is 0.277 e. The van der Waals surface area contributed by atoms with Gasteiger partial charge in [-0.1, -0.05) is 6.42 Å². The molecule has 1 aromatic rings. The maximum absolute atomic E-state index is 13.4. The van der Waals surface area contributed by atoms with E-state index >= 15 is 0 Å². The molecule has 1 N–H and O–H groups in total. The zero-order valence-electron chi connectivity index (χ0n) is 12.7. The molecule has 2 aliphatic rings. The molecule has 23 heavy (non-hydrogen) atoms. The fourth-order valence-electron chi connectivity index (χ4n) is 3.39. The Kier molecular flexibility index (Phi) is 7.67. The summed E-state index contributed by atoms with van der Waals surface area (Å²) in [6, 6.07) is 4.06. The van der Waals surface area contributed by atoms with Crippen LogP contribution < -0.4 is 5.32 Å². The molecule has 1 saturated carbocycles. The van der Waals surface area contributed by atoms with E-state index in [1.165, 1.54) is 12.5 Å². The van der Waals surface area contributed by atoms with Crippen molar-refractivity contribution < 1.29 is 9.31 Å². The first-order chi connectivity index (χ1) is 10.2. The molecular formula is C15H22Cl2FN3O2. The van der Waals surface area contributed by atoms with Crippen molar-refractivity contribution in [2.45, 2.75) is 25.3 Å². The zero-order chi connectivity index (χ0) is 14.8. The number of piperazine rings is 1. The zero-order valence-corrected chi connectivity index (χ0v) is 14.4. The standard InChI is InChI=1S/C15H20FN3O2.2ClH/c16-12-4-5-13(14(10-12)19(20)21)15(11-2-1-3-11)18-8-6-17-7-9-18;;/h4-5,10-11,15,17H,1-3,6-9H2;2*1H/t15-;;/m1../s1. The summed E-state index contributed by atoms with van der Waals surface area (Å²) in [5.41, 5.74) is 0.596. The van der Waals surface area contributed by atoms with Gasteiger partial charge in [-0.05, 0) is 30.9 Å². The summed E-state index contributed by atoms with van der Waals surface area (Å²) in [5.74, 6) is -0.0922. The lowest BCUT2D eigenvalue weighted by Gasteiger charge is -2.43. The Morgan fingerprint density at radius 1 is 1.26 bits per heavy atom. The summed E-state index contributed by atoms with van der Waals surface area (Å²) >= 11 is 0. The van der Waals surface area contributed by atoms with Gasteiger partial charge in [-0.3, -0.25) is 15.0 Å². The van der Waals surface area contributed by atoms with Gasteiger partial charge in [0.05, 0.1) is 11.0 Å². The van der Waals surface area contributed by atoms with E-state index in [-0.39, 0.29) is 36.5 Å². The molecule has 1 heterocycles. The average Bonchev–Trinajstić information content (AvgIpc) is 2.44. The van der Waals surface area contributed by atoms with Crippen molar-refractivity contribution in [1.29, 1.82) is 0 Å². The molecule has 1 aromatic carbocycles. The lowest BCUT2D eigenvalue weighted by Crippen LogP contribution is -2.48. The fraction of sp³-hybridized carbons (Fsp3) is 0.600. The lowest BCUT2D eigenvalue weighted by molar-refractivity contribution is -0.386. The van der Waals surface area contributed by atoms with Crippen LogP contribution in [0.1, 0.15) is 30.9 Å². The molecule has 0 radical (unpaired) electrons. The highest BCUT2D eigenvalue weighted by Crippen LogP contribution is 2.44. The molecule has 1 aliphatic heterocycles. The summed E-state index contributed by atoms with van der Waals surface area (Å²) in [5, 5.41) is 14.6. The van der Waals surface area contributed by atoms with Gasteiger partial charge in [-0.2, -0.15) is 0 Å². The van der Waals surface area contributed by atoms with E-state index < -0.39 is 10.7 Å². The number of nitro groups is 1. The second-order valence-electron chi connectivity index (χ2n) is 5.88. The first-order valence-corrected chi connectivity index (χ1v) is 7.55. The monoisotopic (exact) mass is 365 g/mol. The van der Waals surface area contributed by atoms with Crippen LogP contribution in [0.15, 0.2) is 18.2 Å². The molecule has 0 aromatic heterocycles. The third-order valence-corrected chi connectivity index (χ3v) is 4.65. The van der Waals surface area contributed by atoms with Crippen molar-refractivity contribution in [2.24, 2.45) is 5.92 Å². The maximum atomic E-state index is 13.4. The second kappa shape index (κ2) is 8.78. The summed E-state index contributed by atoms with van der Waals surface area (Å²) in [6.45, 7) is 3.57. The Labute approximate surface area is 147 Å². The van der Waals surface area contributed by atoms with E-state index in [1.807, 2.05) is 0 Å². The van der Waals surface area contributed by atoms with Gasteiger partial charge in [0.1, 0.15) is 5.82 Å². The third kappa shape index (κ3) is 4.32. The molecule has 0 bridgehead atoms. The van der Waals surface area contributed by atoms with Crippen LogP contribution in [0.25, 0.3) is 0 Å². The predicted octanol–water partition coefficient (Wildman–Crippen LogP) is 3.32. The summed E-state index contributed by atoms with van der Waals surface area (Å²) in [7, 11) is 0. The van der Waals surface area contributed by atoms with Gasteiger partial charge in [-0.15, -0.1) is 24.8 Å². The van der Waals surface area contributed by atoms with Crippen LogP contribution in [0, 0.1) is 21.8 Å². The quantitative estimate of drug-likeness (QED) is 0.656. The van der Waals surface area contributed by atoms with Gasteiger partial charge < -0.3 is 5.32 Å². The highest BCUT2D eigenvalue weighted by molar-refractivity contribution is 5.85. The molecule has 0 amide bonds. The van der Waals surface area contributed by atoms with E-state index in [2.05, 4.69) is 10.2 Å². The predicted molar refractivity (Wildman–Crippen MR) is 92.1 cm³/mol. The van der Waals surface area contributed by atoms with Gasteiger partial charge in [0.25, 0.3) is 5.69 Å². The van der Waals surface area contributed by atoms with E-state index in [0.717, 1.165) is 45.1 Å². The minimum Gasteiger partial charge on any atom is -0.314 e. The van der Waals surface area contributed by atoms with Crippen LogP contribution in [-0.4, -0.2) is 36.0 Å². The Bertz CT molecular complexity index is 537. The first kappa shape index (κ1) is 20.1. The molecule has 0 unspecified atom stereocenters. The van der Waals surface area contributed by atoms with Gasteiger partial charge in [0.15, 0.2) is 0 Å². The van der Waals surface area contributed by atoms with Crippen LogP contribution in [-0.2, 0) is 0 Å². The van der Waals surface area contributed by atoms with Crippen molar-refractivity contribution in [1.82, 2.24) is 10.2 Å². The topological polar surface area (TPSA) is 58.4 Å². The van der Waals surface area contributed by atoms with Crippen LogP contribution in [0.2, 0.25) is 0 Å². The summed E-state index contributed by atoms with van der Waals surface area (Å²) in [4.78, 5) is 13.2. The second-order valence-corrected chi connectivity index (χ2v) is 5.88. The molecule has 2 fully saturated rings. The Hall–Kier alpha value is -0.950. The number of nitro benzene ring substituents is 1. The number of hydrogen-bond acceptors (Lipinski definition) is 4. The summed E-state index contributed by atoms with van der Waals surface area (Å²) < 4.78 is 13.4. The van der Waals surface area contributed by atoms with Crippen molar-refractivity contribution in [2.75, 3.05) is 26.2 Å². The number of rotatable bonds is 4. The van der Waals surface area contributed by atoms with E-state index in [9.17, 15) is 14.5 Å². The Morgan fingerprint density at radius 3 is 2.43 bits per heavy atom. The van der Waals surface area contributed by atoms with E-state index in [0.29, 0.717) is 11.5 Å². The van der Waals surface area contributed by atoms with E-state index in [1.54, 1.807) is 6.07 Å². The maximum Gasteiger partial charge on any atom is 0.277 e. The normalized spacial score (nSPS) is 19.9. The Morgan fingerprint density at radius 2 is 1.91 bits per heavy atom. The van der Waals surface area contributed by atoms with Gasteiger partial charge in [0, 0.05) is 37.8 Å². The number of halogens is 3. The molecule has 1 saturated heterocycles. The van der Waals surface area contributed by atoms with Crippen molar-refractivity contribution >= 4 is 30.5 Å². The number of nitrogens with one attached hydrogen (secondary N) is 1. The van der Waals surface area contributed by atoms with Crippen LogP contribution in [0.4, 0.5) is 10.1 Å². The number of benzene rings is 1. The molecule has 130 valence electrons. The minimum absolute atomic E-state index is 0. The summed E-state index contributed by atoms with van der Waals surface area (Å²) in [6.07, 6.45) is 3.38. The number of hydrogen-bond donors (Lipinski definition) is 1. The minimum atomic E-state index is -0.543. The molecule has 1 aliphatic carbocycles. The van der Waals surface area contributed by atoms with Gasteiger partial charge >= 0.3 is 0 Å². The molecular weight excluding hydrogens is 344 g/mol. The van der Waals surface area contributed by atoms with Crippen molar-refractivity contribution in [3.8, 4) is 0 Å². The number of nitrogens with zero attached hydrogens (tertiary/aromatic N) is 2. The lowest BCUT2D eigenvalue weighted by atomic mass is 9.76. The highest BCUT2D eigenvalue weighted by Gasteiger charge is 2.37. The van der Waals surface area contributed by atoms with E-state index in [4.69, 9.17) is 0 Å². The average molecular weight is 366 g/mol. The van der Waals surface area contributed by atoms with Gasteiger partial charge in [0.2, 0.25) is 0 Å². The SMILES string of the molecule is Cl.Cl.O=[N+]([O-])c1cc(F)ccc1[C@@H](C1CCC1)N1CCNCC1. The highest BCUT2D eigenvalue weighted by atomic mass is 35.5.